The maximum atomic E-state index is 14.3. The van der Waals surface area contributed by atoms with Gasteiger partial charge in [-0.1, -0.05) is 44.2 Å². The van der Waals surface area contributed by atoms with Crippen LogP contribution >= 0.6 is 12.6 Å². The molecule has 0 aliphatic rings. The summed E-state index contributed by atoms with van der Waals surface area (Å²) in [6.07, 6.45) is 2.48. The van der Waals surface area contributed by atoms with Crippen LogP contribution in [0.15, 0.2) is 42.5 Å². The van der Waals surface area contributed by atoms with Crippen LogP contribution < -0.4 is 16.4 Å². The van der Waals surface area contributed by atoms with E-state index < -0.39 is 17.7 Å². The Morgan fingerprint density at radius 2 is 1.74 bits per heavy atom. The monoisotopic (exact) mass is 453 g/mol. The van der Waals surface area contributed by atoms with Crippen LogP contribution in [-0.2, 0) is 11.3 Å². The molecule has 2 aromatic rings. The summed E-state index contributed by atoms with van der Waals surface area (Å²) in [5, 5.41) is 6.15. The van der Waals surface area contributed by atoms with Crippen molar-refractivity contribution in [3.05, 3.63) is 70.8 Å². The molecule has 0 aromatic heterocycles. The Morgan fingerprint density at radius 3 is 2.35 bits per heavy atom. The van der Waals surface area contributed by atoms with E-state index in [9.17, 15) is 13.6 Å². The molecular weight excluding hydrogens is 416 g/mol. The van der Waals surface area contributed by atoms with Gasteiger partial charge in [-0.15, -0.1) is 0 Å². The third kappa shape index (κ3) is 10.9. The quantitative estimate of drug-likeness (QED) is 0.221. The summed E-state index contributed by atoms with van der Waals surface area (Å²) in [5.41, 5.74) is 6.20. The second-order valence-corrected chi connectivity index (χ2v) is 7.13. The van der Waals surface area contributed by atoms with Crippen molar-refractivity contribution >= 4 is 18.9 Å². The van der Waals surface area contributed by atoms with E-state index in [4.69, 9.17) is 0 Å². The molecule has 0 bridgehead atoms. The normalized spacial score (nSPS) is 12.0. The number of nitrogens with two attached hydrogens (primary N) is 1. The van der Waals surface area contributed by atoms with E-state index in [0.29, 0.717) is 18.4 Å². The SMILES string of the molecule is CC.CC(NCC=O)c1cc(F)c(CNCCC[C@@H](S)c2ccccc2)cc1F.CN. The Kier molecular flexibility index (Phi) is 16.8. The first-order valence-corrected chi connectivity index (χ1v) is 11.2. The molecule has 0 heterocycles. The molecule has 2 rings (SSSR count). The van der Waals surface area contributed by atoms with Gasteiger partial charge in [0, 0.05) is 29.0 Å². The summed E-state index contributed by atoms with van der Waals surface area (Å²) in [5.74, 6) is -0.923. The van der Waals surface area contributed by atoms with Gasteiger partial charge in [0.2, 0.25) is 0 Å². The van der Waals surface area contributed by atoms with E-state index >= 15 is 0 Å². The first-order chi connectivity index (χ1) is 15.0. The van der Waals surface area contributed by atoms with E-state index in [1.54, 1.807) is 6.92 Å². The maximum absolute atomic E-state index is 14.3. The van der Waals surface area contributed by atoms with Crippen LogP contribution in [0.1, 0.15) is 61.6 Å². The highest BCUT2D eigenvalue weighted by atomic mass is 32.1. The lowest BCUT2D eigenvalue weighted by Crippen LogP contribution is -2.22. The van der Waals surface area contributed by atoms with Gasteiger partial charge in [-0.3, -0.25) is 0 Å². The molecule has 0 aliphatic carbocycles. The van der Waals surface area contributed by atoms with Crippen LogP contribution in [-0.4, -0.2) is 26.4 Å². The molecule has 174 valence electrons. The van der Waals surface area contributed by atoms with Gasteiger partial charge in [-0.05, 0) is 51.1 Å². The third-order valence-corrected chi connectivity index (χ3v) is 5.03. The molecule has 7 heteroatoms. The van der Waals surface area contributed by atoms with Crippen LogP contribution in [0.4, 0.5) is 8.78 Å². The summed E-state index contributed by atoms with van der Waals surface area (Å²) in [7, 11) is 1.50. The van der Waals surface area contributed by atoms with Gasteiger partial charge in [0.25, 0.3) is 0 Å². The number of rotatable bonds is 11. The summed E-state index contributed by atoms with van der Waals surface area (Å²) in [4.78, 5) is 10.4. The zero-order valence-electron chi connectivity index (χ0n) is 19.0. The number of halogens is 2. The van der Waals surface area contributed by atoms with Crippen molar-refractivity contribution in [3.63, 3.8) is 0 Å². The number of aldehydes is 1. The number of thiol groups is 1. The summed E-state index contributed by atoms with van der Waals surface area (Å²) in [6.45, 7) is 6.76. The van der Waals surface area contributed by atoms with Gasteiger partial charge >= 0.3 is 0 Å². The third-order valence-electron chi connectivity index (χ3n) is 4.47. The highest BCUT2D eigenvalue weighted by Gasteiger charge is 2.15. The lowest BCUT2D eigenvalue weighted by molar-refractivity contribution is -0.107. The molecule has 0 amide bonds. The van der Waals surface area contributed by atoms with Crippen molar-refractivity contribution in [2.75, 3.05) is 20.1 Å². The minimum absolute atomic E-state index is 0.0979. The topological polar surface area (TPSA) is 67.2 Å². The molecule has 0 spiro atoms. The number of hydrogen-bond acceptors (Lipinski definition) is 5. The van der Waals surface area contributed by atoms with Crippen molar-refractivity contribution in [2.24, 2.45) is 5.73 Å². The number of hydrogen-bond donors (Lipinski definition) is 4. The van der Waals surface area contributed by atoms with Crippen LogP contribution in [0.25, 0.3) is 0 Å². The van der Waals surface area contributed by atoms with Crippen LogP contribution in [0.3, 0.4) is 0 Å². The van der Waals surface area contributed by atoms with Gasteiger partial charge in [-0.2, -0.15) is 12.6 Å². The maximum Gasteiger partial charge on any atom is 0.133 e. The molecule has 31 heavy (non-hydrogen) atoms. The summed E-state index contributed by atoms with van der Waals surface area (Å²) < 4.78 is 28.5. The fourth-order valence-electron chi connectivity index (χ4n) is 2.89. The molecule has 4 nitrogen and oxygen atoms in total. The Balaban J connectivity index is 0.00000212. The number of nitrogens with one attached hydrogen (secondary N) is 2. The molecule has 1 unspecified atom stereocenters. The lowest BCUT2D eigenvalue weighted by Gasteiger charge is -2.15. The highest BCUT2D eigenvalue weighted by Crippen LogP contribution is 2.24. The van der Waals surface area contributed by atoms with Crippen molar-refractivity contribution in [1.82, 2.24) is 10.6 Å². The number of carbonyl (C=O) groups is 1. The molecule has 0 radical (unpaired) electrons. The molecule has 0 fully saturated rings. The molecule has 2 aromatic carbocycles. The average Bonchev–Trinajstić information content (AvgIpc) is 2.82. The Bertz CT molecular complexity index is 732. The Morgan fingerprint density at radius 1 is 1.10 bits per heavy atom. The van der Waals surface area contributed by atoms with Gasteiger partial charge in [0.1, 0.15) is 17.9 Å². The number of benzene rings is 2. The van der Waals surface area contributed by atoms with Crippen molar-refractivity contribution in [1.29, 1.82) is 0 Å². The Labute approximate surface area is 191 Å². The van der Waals surface area contributed by atoms with E-state index in [2.05, 4.69) is 41.1 Å². The summed E-state index contributed by atoms with van der Waals surface area (Å²) >= 11 is 4.61. The first-order valence-electron chi connectivity index (χ1n) is 10.7. The van der Waals surface area contributed by atoms with Gasteiger partial charge in [0.05, 0.1) is 6.54 Å². The molecule has 0 aliphatic heterocycles. The smallest absolute Gasteiger partial charge is 0.133 e. The first kappa shape index (κ1) is 29.2. The molecule has 0 saturated heterocycles. The molecule has 2 atom stereocenters. The van der Waals surface area contributed by atoms with Crippen LogP contribution in [0.2, 0.25) is 0 Å². The average molecular weight is 454 g/mol. The van der Waals surface area contributed by atoms with E-state index in [0.717, 1.165) is 12.8 Å². The standard InChI is InChI=1S/C21H26F2N2OS.C2H6.CH5N/c1-15(25-10-11-26)18-13-19(22)17(12-20(18)23)14-24-9-5-8-21(27)16-6-3-2-4-7-16;2*1-2/h2-4,6-7,11-13,15,21,24-25,27H,5,8-10,14H2,1H3;1-2H3;2H2,1H3/t15?,21-;;/m1../s1. The zero-order chi connectivity index (χ0) is 23.6. The zero-order valence-corrected chi connectivity index (χ0v) is 19.9. The Hall–Kier alpha value is -1.80. The van der Waals surface area contributed by atoms with Crippen LogP contribution in [0.5, 0.6) is 0 Å². The minimum atomic E-state index is -0.474. The van der Waals surface area contributed by atoms with E-state index in [1.807, 2.05) is 32.0 Å². The second-order valence-electron chi connectivity index (χ2n) is 6.51. The second kappa shape index (κ2) is 17.8. The van der Waals surface area contributed by atoms with E-state index in [-0.39, 0.29) is 23.9 Å². The molecule has 4 N–H and O–H groups in total. The largest absolute Gasteiger partial charge is 0.333 e. The van der Waals surface area contributed by atoms with Gasteiger partial charge in [-0.25, -0.2) is 8.78 Å². The van der Waals surface area contributed by atoms with Gasteiger partial charge < -0.3 is 21.2 Å². The predicted molar refractivity (Wildman–Crippen MR) is 129 cm³/mol. The fraction of sp³-hybridized carbons (Fsp3) is 0.458. The fourth-order valence-corrected chi connectivity index (χ4v) is 3.25. The van der Waals surface area contributed by atoms with Crippen molar-refractivity contribution in [3.8, 4) is 0 Å². The highest BCUT2D eigenvalue weighted by molar-refractivity contribution is 7.80. The number of carbonyl (C=O) groups excluding carboxylic acids is 1. The minimum Gasteiger partial charge on any atom is -0.333 e. The van der Waals surface area contributed by atoms with Crippen LogP contribution in [0, 0.1) is 11.6 Å². The van der Waals surface area contributed by atoms with Crippen molar-refractivity contribution in [2.45, 2.75) is 51.4 Å². The van der Waals surface area contributed by atoms with Gasteiger partial charge in [0.15, 0.2) is 0 Å². The predicted octanol–water partition coefficient (Wildman–Crippen LogP) is 4.96. The summed E-state index contributed by atoms with van der Waals surface area (Å²) in [6, 6.07) is 12.1. The lowest BCUT2D eigenvalue weighted by atomic mass is 10.0. The van der Waals surface area contributed by atoms with Crippen molar-refractivity contribution < 1.29 is 13.6 Å². The van der Waals surface area contributed by atoms with E-state index in [1.165, 1.54) is 24.7 Å². The molecule has 0 saturated carbocycles. The molecular formula is C24H37F2N3OS.